The summed E-state index contributed by atoms with van der Waals surface area (Å²) in [5, 5.41) is 10.4. The number of rotatable bonds is 9. The first-order valence-corrected chi connectivity index (χ1v) is 7.10. The summed E-state index contributed by atoms with van der Waals surface area (Å²) in [4.78, 5) is 0. The van der Waals surface area contributed by atoms with E-state index < -0.39 is 0 Å². The molecule has 104 valence electrons. The molecule has 1 heterocycles. The minimum atomic E-state index is 0.628. The van der Waals surface area contributed by atoms with E-state index in [0.717, 1.165) is 50.3 Å². The Hall–Kier alpha value is -1.32. The van der Waals surface area contributed by atoms with E-state index in [9.17, 15) is 0 Å². The van der Waals surface area contributed by atoms with Crippen LogP contribution in [0.1, 0.15) is 40.0 Å². The van der Waals surface area contributed by atoms with Gasteiger partial charge in [0.05, 0.1) is 17.1 Å². The van der Waals surface area contributed by atoms with Crippen molar-refractivity contribution >= 4 is 0 Å². The summed E-state index contributed by atoms with van der Waals surface area (Å²) in [6, 6.07) is 0. The summed E-state index contributed by atoms with van der Waals surface area (Å²) >= 11 is 0. The van der Waals surface area contributed by atoms with Gasteiger partial charge in [-0.25, -0.2) is 0 Å². The number of nitrogens with one attached hydrogen (secondary N) is 3. The van der Waals surface area contributed by atoms with Crippen LogP contribution in [0.25, 0.3) is 0 Å². The molecule has 0 aromatic heterocycles. The van der Waals surface area contributed by atoms with E-state index in [0.29, 0.717) is 6.61 Å². The molecule has 3 N–H and O–H groups in total. The molecule has 0 fully saturated rings. The molecule has 0 radical (unpaired) electrons. The predicted octanol–water partition coefficient (Wildman–Crippen LogP) is 2.07. The summed E-state index contributed by atoms with van der Waals surface area (Å²) in [6.45, 7) is 10.1. The van der Waals surface area contributed by atoms with Gasteiger partial charge in [0.2, 0.25) is 0 Å². The third-order valence-electron chi connectivity index (χ3n) is 2.71. The Kier molecular flexibility index (Phi) is 7.14. The largest absolute Gasteiger partial charge is 0.493 e. The molecule has 0 unspecified atom stereocenters. The first-order valence-electron chi connectivity index (χ1n) is 7.10. The smallest absolute Gasteiger partial charge is 0.129 e. The zero-order valence-electron chi connectivity index (χ0n) is 11.9. The van der Waals surface area contributed by atoms with Crippen molar-refractivity contribution in [3.63, 3.8) is 0 Å². The average molecular weight is 253 g/mol. The maximum atomic E-state index is 5.51. The van der Waals surface area contributed by atoms with Gasteiger partial charge in [0, 0.05) is 19.6 Å². The summed E-state index contributed by atoms with van der Waals surface area (Å²) in [6.07, 6.45) is 5.17. The molecule has 0 amide bonds. The second-order valence-electron chi connectivity index (χ2n) is 4.48. The molecule has 4 nitrogen and oxygen atoms in total. The Morgan fingerprint density at radius 3 is 2.22 bits per heavy atom. The fourth-order valence-electron chi connectivity index (χ4n) is 1.76. The minimum Gasteiger partial charge on any atom is -0.493 e. The predicted molar refractivity (Wildman–Crippen MR) is 75.9 cm³/mol. The maximum Gasteiger partial charge on any atom is 0.129 e. The summed E-state index contributed by atoms with van der Waals surface area (Å²) in [5.41, 5.74) is 3.39. The highest BCUT2D eigenvalue weighted by molar-refractivity contribution is 5.33. The molecule has 0 bridgehead atoms. The van der Waals surface area contributed by atoms with Gasteiger partial charge in [-0.15, -0.1) is 0 Å². The van der Waals surface area contributed by atoms with E-state index in [1.54, 1.807) is 0 Å². The molecule has 0 saturated heterocycles. The van der Waals surface area contributed by atoms with Crippen molar-refractivity contribution in [2.75, 3.05) is 26.2 Å². The van der Waals surface area contributed by atoms with E-state index in [-0.39, 0.29) is 0 Å². The van der Waals surface area contributed by atoms with Crippen LogP contribution in [0.2, 0.25) is 0 Å². The number of hydrogen-bond acceptors (Lipinski definition) is 4. The van der Waals surface area contributed by atoms with Crippen LogP contribution in [0.15, 0.2) is 23.4 Å². The van der Waals surface area contributed by atoms with Crippen LogP contribution in [0.4, 0.5) is 0 Å². The lowest BCUT2D eigenvalue weighted by Gasteiger charge is -2.25. The van der Waals surface area contributed by atoms with E-state index in [2.05, 4.69) is 36.7 Å². The first kappa shape index (κ1) is 14.7. The van der Waals surface area contributed by atoms with Gasteiger partial charge in [-0.1, -0.05) is 20.8 Å². The molecule has 0 aliphatic carbocycles. The van der Waals surface area contributed by atoms with Crippen molar-refractivity contribution in [1.29, 1.82) is 0 Å². The van der Waals surface area contributed by atoms with Gasteiger partial charge < -0.3 is 20.7 Å². The van der Waals surface area contributed by atoms with Crippen molar-refractivity contribution in [3.05, 3.63) is 23.4 Å². The summed E-state index contributed by atoms with van der Waals surface area (Å²) < 4.78 is 5.51. The lowest BCUT2D eigenvalue weighted by molar-refractivity contribution is 0.257. The standard InChI is InChI=1S/C14H27N3O/c1-4-7-15-12-10-18-11-13(16-8-5-2)14(12)17-9-6-3/h10,15-17H,4-9,11H2,1-3H3. The van der Waals surface area contributed by atoms with Gasteiger partial charge in [0.25, 0.3) is 0 Å². The zero-order valence-corrected chi connectivity index (χ0v) is 11.9. The van der Waals surface area contributed by atoms with Crippen LogP contribution in [-0.2, 0) is 4.74 Å². The molecule has 1 aliphatic heterocycles. The fourth-order valence-corrected chi connectivity index (χ4v) is 1.76. The van der Waals surface area contributed by atoms with Gasteiger partial charge in [0.1, 0.15) is 12.9 Å². The molecule has 1 aliphatic rings. The molecule has 0 saturated carbocycles. The van der Waals surface area contributed by atoms with Crippen LogP contribution >= 0.6 is 0 Å². The van der Waals surface area contributed by atoms with Crippen molar-refractivity contribution in [3.8, 4) is 0 Å². The Morgan fingerprint density at radius 1 is 0.944 bits per heavy atom. The van der Waals surface area contributed by atoms with E-state index in [1.165, 1.54) is 5.70 Å². The van der Waals surface area contributed by atoms with Gasteiger partial charge in [-0.05, 0) is 19.3 Å². The number of ether oxygens (including phenoxy) is 1. The van der Waals surface area contributed by atoms with Crippen molar-refractivity contribution in [2.24, 2.45) is 0 Å². The van der Waals surface area contributed by atoms with Gasteiger partial charge in [-0.2, -0.15) is 0 Å². The molecule has 1 rings (SSSR count). The first-order chi connectivity index (χ1) is 8.83. The molecule has 4 heteroatoms. The average Bonchev–Trinajstić information content (AvgIpc) is 2.41. The minimum absolute atomic E-state index is 0.628. The lowest BCUT2D eigenvalue weighted by atomic mass is 10.2. The maximum absolute atomic E-state index is 5.51. The summed E-state index contributed by atoms with van der Waals surface area (Å²) in [5.74, 6) is 0. The highest BCUT2D eigenvalue weighted by atomic mass is 16.5. The van der Waals surface area contributed by atoms with Crippen LogP contribution in [-0.4, -0.2) is 26.2 Å². The Labute approximate surface area is 111 Å². The third kappa shape index (κ3) is 4.51. The van der Waals surface area contributed by atoms with Crippen LogP contribution < -0.4 is 16.0 Å². The van der Waals surface area contributed by atoms with Crippen molar-refractivity contribution < 1.29 is 4.74 Å². The molecule has 0 aromatic carbocycles. The molecule has 0 atom stereocenters. The van der Waals surface area contributed by atoms with E-state index >= 15 is 0 Å². The Morgan fingerprint density at radius 2 is 1.56 bits per heavy atom. The van der Waals surface area contributed by atoms with Crippen molar-refractivity contribution in [1.82, 2.24) is 16.0 Å². The second kappa shape index (κ2) is 8.72. The highest BCUT2D eigenvalue weighted by Gasteiger charge is 2.16. The quantitative estimate of drug-likeness (QED) is 0.588. The number of hydrogen-bond donors (Lipinski definition) is 3. The fraction of sp³-hybridized carbons (Fsp3) is 0.714. The third-order valence-corrected chi connectivity index (χ3v) is 2.71. The molecule has 0 spiro atoms. The van der Waals surface area contributed by atoms with Gasteiger partial charge in [-0.3, -0.25) is 0 Å². The van der Waals surface area contributed by atoms with Gasteiger partial charge in [0.15, 0.2) is 0 Å². The van der Waals surface area contributed by atoms with Crippen LogP contribution in [0.5, 0.6) is 0 Å². The lowest BCUT2D eigenvalue weighted by Crippen LogP contribution is -2.33. The normalized spacial score (nSPS) is 14.9. The molecule has 0 aromatic rings. The Bertz CT molecular complexity index is 297. The van der Waals surface area contributed by atoms with Gasteiger partial charge >= 0.3 is 0 Å². The zero-order chi connectivity index (χ0) is 13.2. The molecular formula is C14H27N3O. The molecular weight excluding hydrogens is 226 g/mol. The Balaban J connectivity index is 2.73. The van der Waals surface area contributed by atoms with Crippen molar-refractivity contribution in [2.45, 2.75) is 40.0 Å². The molecule has 18 heavy (non-hydrogen) atoms. The second-order valence-corrected chi connectivity index (χ2v) is 4.48. The topological polar surface area (TPSA) is 45.3 Å². The summed E-state index contributed by atoms with van der Waals surface area (Å²) in [7, 11) is 0. The highest BCUT2D eigenvalue weighted by Crippen LogP contribution is 2.14. The SMILES string of the molecule is CCCNC1=COCC(NCCC)=C1NCCC. The van der Waals surface area contributed by atoms with E-state index in [4.69, 9.17) is 4.74 Å². The van der Waals surface area contributed by atoms with Crippen LogP contribution in [0.3, 0.4) is 0 Å². The van der Waals surface area contributed by atoms with E-state index in [1.807, 2.05) is 6.26 Å². The monoisotopic (exact) mass is 253 g/mol. The van der Waals surface area contributed by atoms with Crippen LogP contribution in [0, 0.1) is 0 Å².